The van der Waals surface area contributed by atoms with Gasteiger partial charge in [-0.05, 0) is 30.0 Å². The molecule has 0 aromatic heterocycles. The molecule has 1 N–H and O–H groups in total. The van der Waals surface area contributed by atoms with E-state index in [1.165, 1.54) is 6.07 Å². The molecule has 1 nitrogen and oxygen atoms in total. The number of rotatable bonds is 2. The molecule has 0 aliphatic heterocycles. The Labute approximate surface area is 158 Å². The van der Waals surface area contributed by atoms with E-state index in [1.807, 2.05) is 25.1 Å². The average molecular weight is 452 g/mol. The molecule has 23 heavy (non-hydrogen) atoms. The first kappa shape index (κ1) is 21.1. The van der Waals surface area contributed by atoms with Crippen molar-refractivity contribution in [2.24, 2.45) is 0 Å². The molecule has 0 radical (unpaired) electrons. The van der Waals surface area contributed by atoms with Crippen molar-refractivity contribution < 1.29 is 30.3 Å². The summed E-state index contributed by atoms with van der Waals surface area (Å²) in [5.74, 6) is 0.0775. The Balaban J connectivity index is 0.000000816. The molecule has 0 heterocycles. The van der Waals surface area contributed by atoms with E-state index >= 15 is 0 Å². The van der Waals surface area contributed by atoms with Gasteiger partial charge < -0.3 is 5.11 Å². The molecule has 0 aliphatic carbocycles. The van der Waals surface area contributed by atoms with E-state index in [4.69, 9.17) is 17.0 Å². The molecular weight excluding hydrogens is 432 g/mol. The molecule has 0 spiro atoms. The second-order valence-electron chi connectivity index (χ2n) is 6.13. The van der Waals surface area contributed by atoms with Gasteiger partial charge in [-0.3, -0.25) is 0 Å². The van der Waals surface area contributed by atoms with Gasteiger partial charge in [0.05, 0.1) is 0 Å². The maximum atomic E-state index is 13.8. The second-order valence-corrected chi connectivity index (χ2v) is 11.2. The first-order valence-electron chi connectivity index (χ1n) is 7.02. The Hall–Kier alpha value is 0.0631. The van der Waals surface area contributed by atoms with Gasteiger partial charge in [-0.1, -0.05) is 53.6 Å². The van der Waals surface area contributed by atoms with Crippen LogP contribution in [0.1, 0.15) is 31.9 Å². The molecule has 2 aromatic rings. The third-order valence-electron chi connectivity index (χ3n) is 3.21. The zero-order chi connectivity index (χ0) is 17.6. The maximum absolute atomic E-state index is 13.8. The van der Waals surface area contributed by atoms with Crippen LogP contribution < -0.4 is 10.6 Å². The van der Waals surface area contributed by atoms with Gasteiger partial charge in [0.25, 0.3) is 0 Å². The van der Waals surface area contributed by atoms with Crippen molar-refractivity contribution in [2.75, 3.05) is 0 Å². The molecule has 124 valence electrons. The quantitative estimate of drug-likeness (QED) is 0.626. The van der Waals surface area contributed by atoms with Crippen LogP contribution in [0.2, 0.25) is 0 Å². The summed E-state index contributed by atoms with van der Waals surface area (Å²) < 4.78 is 13.8. The van der Waals surface area contributed by atoms with Crippen LogP contribution in [-0.2, 0) is 26.3 Å². The zero-order valence-corrected chi connectivity index (χ0v) is 18.5. The predicted molar refractivity (Wildman–Crippen MR) is 97.2 cm³/mol. The molecule has 1 unspecified atom stereocenters. The van der Waals surface area contributed by atoms with Gasteiger partial charge in [-0.2, -0.15) is 0 Å². The van der Waals surface area contributed by atoms with Gasteiger partial charge in [-0.25, -0.2) is 4.39 Å². The predicted octanol–water partition coefficient (Wildman–Crippen LogP) is 5.14. The molecule has 2 rings (SSSR count). The summed E-state index contributed by atoms with van der Waals surface area (Å²) in [5, 5.41) is 11.9. The van der Waals surface area contributed by atoms with Crippen molar-refractivity contribution in [2.45, 2.75) is 33.1 Å². The van der Waals surface area contributed by atoms with Gasteiger partial charge >= 0.3 is 37.9 Å². The van der Waals surface area contributed by atoms with Gasteiger partial charge in [0, 0.05) is 16.2 Å². The molecule has 0 aliphatic rings. The summed E-state index contributed by atoms with van der Waals surface area (Å²) in [6.07, 6.45) is 0. The summed E-state index contributed by atoms with van der Waals surface area (Å²) >= 11 is -0.826. The fraction of sp³-hybridized carbons (Fsp3) is 0.294. The Morgan fingerprint density at radius 2 is 1.65 bits per heavy atom. The number of aromatic hydroxyl groups is 1. The summed E-state index contributed by atoms with van der Waals surface area (Å²) in [4.78, 5) is 0. The van der Waals surface area contributed by atoms with Crippen molar-refractivity contribution in [3.8, 4) is 5.75 Å². The SMILES string of the molecule is Cc1cc(Pc2ccccc2F)c(O)c(C(C)(C)C)c1.[Cl][Zr][Cl]. The second kappa shape index (κ2) is 9.52. The molecule has 0 saturated heterocycles. The van der Waals surface area contributed by atoms with Gasteiger partial charge in [0.2, 0.25) is 0 Å². The van der Waals surface area contributed by atoms with Gasteiger partial charge in [-0.15, -0.1) is 0 Å². The first-order valence-corrected chi connectivity index (χ1v) is 14.4. The van der Waals surface area contributed by atoms with Crippen LogP contribution in [0.15, 0.2) is 36.4 Å². The average Bonchev–Trinajstić information content (AvgIpc) is 2.44. The summed E-state index contributed by atoms with van der Waals surface area (Å²) in [6.45, 7) is 8.20. The van der Waals surface area contributed by atoms with Crippen LogP contribution in [0, 0.1) is 12.7 Å². The van der Waals surface area contributed by atoms with E-state index in [-0.39, 0.29) is 19.8 Å². The molecular formula is C17H20Cl2FOPZr. The van der Waals surface area contributed by atoms with Crippen molar-refractivity contribution in [1.29, 1.82) is 0 Å². The van der Waals surface area contributed by atoms with E-state index in [1.54, 1.807) is 12.1 Å². The fourth-order valence-corrected chi connectivity index (χ4v) is 3.38. The van der Waals surface area contributed by atoms with Crippen molar-refractivity contribution >= 4 is 36.2 Å². The zero-order valence-electron chi connectivity index (χ0n) is 13.5. The molecule has 0 bridgehead atoms. The third-order valence-corrected chi connectivity index (χ3v) is 4.53. The number of hydrogen-bond acceptors (Lipinski definition) is 1. The van der Waals surface area contributed by atoms with Crippen molar-refractivity contribution in [1.82, 2.24) is 0 Å². The molecule has 0 amide bonds. The molecule has 6 heteroatoms. The standard InChI is InChI=1S/C17H20FOP.2ClH.Zr/c1-11-9-12(17(2,3)4)16(19)15(10-11)20-14-8-6-5-7-13(14)18;;;/h5-10,19-20H,1-4H3;2*1H;/q;;;+2/p-2. The number of aryl methyl sites for hydroxylation is 1. The number of hydrogen-bond donors (Lipinski definition) is 1. The van der Waals surface area contributed by atoms with Crippen LogP contribution >= 0.6 is 25.6 Å². The van der Waals surface area contributed by atoms with Crippen LogP contribution in [0.3, 0.4) is 0 Å². The first-order chi connectivity index (χ1) is 10.7. The minimum atomic E-state index is -0.826. The van der Waals surface area contributed by atoms with Gasteiger partial charge in [0.1, 0.15) is 11.6 Å². The van der Waals surface area contributed by atoms with E-state index in [0.29, 0.717) is 11.1 Å². The monoisotopic (exact) mass is 450 g/mol. The van der Waals surface area contributed by atoms with E-state index < -0.39 is 20.8 Å². The summed E-state index contributed by atoms with van der Waals surface area (Å²) in [5.41, 5.74) is 1.87. The Morgan fingerprint density at radius 1 is 1.09 bits per heavy atom. The number of benzene rings is 2. The fourth-order valence-electron chi connectivity index (χ4n) is 2.15. The van der Waals surface area contributed by atoms with Crippen LogP contribution in [-0.4, -0.2) is 5.11 Å². The Morgan fingerprint density at radius 3 is 2.17 bits per heavy atom. The molecule has 2 aromatic carbocycles. The van der Waals surface area contributed by atoms with Crippen molar-refractivity contribution in [3.05, 3.63) is 53.3 Å². The topological polar surface area (TPSA) is 20.2 Å². The molecule has 1 atom stereocenters. The van der Waals surface area contributed by atoms with E-state index in [9.17, 15) is 9.50 Å². The van der Waals surface area contributed by atoms with E-state index in [2.05, 4.69) is 20.8 Å². The molecule has 0 saturated carbocycles. The number of phenolic OH excluding ortho intramolecular Hbond substituents is 1. The van der Waals surface area contributed by atoms with Crippen LogP contribution in [0.4, 0.5) is 4.39 Å². The molecule has 0 fully saturated rings. The Bertz CT molecular complexity index is 660. The Kier molecular flexibility index (Phi) is 8.74. The minimum absolute atomic E-state index is 0.121. The van der Waals surface area contributed by atoms with Crippen LogP contribution in [0.25, 0.3) is 0 Å². The number of halogens is 3. The summed E-state index contributed by atoms with van der Waals surface area (Å²) in [7, 11) is 9.99. The van der Waals surface area contributed by atoms with Crippen LogP contribution in [0.5, 0.6) is 5.75 Å². The normalized spacial score (nSPS) is 11.3. The van der Waals surface area contributed by atoms with Crippen molar-refractivity contribution in [3.63, 3.8) is 0 Å². The number of phenols is 1. The van der Waals surface area contributed by atoms with Gasteiger partial charge in [0.15, 0.2) is 0 Å². The third kappa shape index (κ3) is 6.47. The van der Waals surface area contributed by atoms with E-state index in [0.717, 1.165) is 16.4 Å². The summed E-state index contributed by atoms with van der Waals surface area (Å²) in [6, 6.07) is 10.7.